The van der Waals surface area contributed by atoms with E-state index in [4.69, 9.17) is 9.84 Å². The molecule has 0 aliphatic carbocycles. The third kappa shape index (κ3) is 3.51. The zero-order valence-corrected chi connectivity index (χ0v) is 16.0. The maximum atomic E-state index is 12.5. The van der Waals surface area contributed by atoms with Gasteiger partial charge in [-0.05, 0) is 35.4 Å². The SMILES string of the molecule is O=C(Cn1cnnn1)N1CCC(c2c3c(nn2-c2ccccn2)CCOC3)CC1. The zero-order chi connectivity index (χ0) is 19.6. The third-order valence-electron chi connectivity index (χ3n) is 5.63. The molecule has 0 spiro atoms. The van der Waals surface area contributed by atoms with Crippen LogP contribution in [0.1, 0.15) is 35.7 Å². The molecule has 0 aromatic carbocycles. The van der Waals surface area contributed by atoms with Gasteiger partial charge in [-0.25, -0.2) is 14.3 Å². The van der Waals surface area contributed by atoms with Crippen molar-refractivity contribution in [3.63, 3.8) is 0 Å². The minimum absolute atomic E-state index is 0.0411. The minimum atomic E-state index is 0.0411. The number of carbonyl (C=O) groups is 1. The summed E-state index contributed by atoms with van der Waals surface area (Å²) in [6, 6.07) is 5.86. The van der Waals surface area contributed by atoms with Crippen LogP contribution in [0.2, 0.25) is 0 Å². The second kappa shape index (κ2) is 7.70. The van der Waals surface area contributed by atoms with Gasteiger partial charge in [0.15, 0.2) is 5.82 Å². The number of likely N-dealkylation sites (tertiary alicyclic amines) is 1. The molecule has 5 rings (SSSR count). The van der Waals surface area contributed by atoms with Gasteiger partial charge < -0.3 is 9.64 Å². The van der Waals surface area contributed by atoms with E-state index < -0.39 is 0 Å². The number of carbonyl (C=O) groups excluding carboxylic acids is 1. The number of nitrogens with zero attached hydrogens (tertiary/aromatic N) is 8. The number of ether oxygens (including phenoxy) is 1. The fourth-order valence-corrected chi connectivity index (χ4v) is 4.18. The number of aromatic nitrogens is 7. The smallest absolute Gasteiger partial charge is 0.244 e. The Labute approximate surface area is 167 Å². The first-order valence-corrected chi connectivity index (χ1v) is 9.88. The van der Waals surface area contributed by atoms with E-state index >= 15 is 0 Å². The summed E-state index contributed by atoms with van der Waals surface area (Å²) in [4.78, 5) is 18.9. The molecule has 0 unspecified atom stereocenters. The van der Waals surface area contributed by atoms with Crippen LogP contribution in [-0.2, 0) is 29.1 Å². The Kier molecular flexibility index (Phi) is 4.76. The van der Waals surface area contributed by atoms with Crippen molar-refractivity contribution in [3.8, 4) is 5.82 Å². The highest BCUT2D eigenvalue weighted by molar-refractivity contribution is 5.76. The van der Waals surface area contributed by atoms with Gasteiger partial charge in [0.2, 0.25) is 5.91 Å². The van der Waals surface area contributed by atoms with E-state index in [1.165, 1.54) is 22.3 Å². The average Bonchev–Trinajstić information content (AvgIpc) is 3.42. The minimum Gasteiger partial charge on any atom is -0.376 e. The van der Waals surface area contributed by atoms with Gasteiger partial charge in [-0.3, -0.25) is 4.79 Å². The molecule has 150 valence electrons. The lowest BCUT2D eigenvalue weighted by Crippen LogP contribution is -2.40. The van der Waals surface area contributed by atoms with Crippen molar-refractivity contribution in [3.05, 3.63) is 47.7 Å². The van der Waals surface area contributed by atoms with E-state index in [1.54, 1.807) is 6.20 Å². The summed E-state index contributed by atoms with van der Waals surface area (Å²) in [5.74, 6) is 1.18. The summed E-state index contributed by atoms with van der Waals surface area (Å²) in [6.07, 6.45) is 5.84. The van der Waals surface area contributed by atoms with Crippen LogP contribution in [0.4, 0.5) is 0 Å². The molecule has 5 heterocycles. The van der Waals surface area contributed by atoms with Gasteiger partial charge in [0, 0.05) is 37.2 Å². The molecule has 0 atom stereocenters. The van der Waals surface area contributed by atoms with Crippen LogP contribution < -0.4 is 0 Å². The zero-order valence-electron chi connectivity index (χ0n) is 16.0. The molecule has 1 fully saturated rings. The van der Waals surface area contributed by atoms with Crippen molar-refractivity contribution in [1.29, 1.82) is 0 Å². The number of tetrazole rings is 1. The lowest BCUT2D eigenvalue weighted by atomic mass is 9.89. The van der Waals surface area contributed by atoms with Gasteiger partial charge in [-0.15, -0.1) is 5.10 Å². The molecule has 2 aliphatic rings. The standard InChI is InChI=1S/C19H22N8O2/c28-18(11-26-13-21-23-24-26)25-8-4-14(5-9-25)19-15-12-29-10-6-16(15)22-27(19)17-3-1-2-7-20-17/h1-3,7,13-14H,4-6,8-12H2. The molecule has 1 saturated heterocycles. The Balaban J connectivity index is 1.36. The van der Waals surface area contributed by atoms with E-state index in [9.17, 15) is 4.79 Å². The first-order valence-electron chi connectivity index (χ1n) is 9.88. The largest absolute Gasteiger partial charge is 0.376 e. The topological polar surface area (TPSA) is 104 Å². The molecule has 10 nitrogen and oxygen atoms in total. The Morgan fingerprint density at radius 1 is 1.24 bits per heavy atom. The van der Waals surface area contributed by atoms with Crippen LogP contribution in [0.5, 0.6) is 0 Å². The number of hydrogen-bond donors (Lipinski definition) is 0. The van der Waals surface area contributed by atoms with Crippen LogP contribution in [0.3, 0.4) is 0 Å². The number of hydrogen-bond acceptors (Lipinski definition) is 7. The third-order valence-corrected chi connectivity index (χ3v) is 5.63. The van der Waals surface area contributed by atoms with Gasteiger partial charge in [0.05, 0.1) is 24.6 Å². The van der Waals surface area contributed by atoms with Gasteiger partial charge >= 0.3 is 0 Å². The van der Waals surface area contributed by atoms with Gasteiger partial charge in [-0.1, -0.05) is 6.07 Å². The number of fused-ring (bicyclic) bond motifs is 1. The number of piperidine rings is 1. The molecule has 2 aliphatic heterocycles. The van der Waals surface area contributed by atoms with Gasteiger partial charge in [0.25, 0.3) is 0 Å². The Morgan fingerprint density at radius 3 is 2.90 bits per heavy atom. The highest BCUT2D eigenvalue weighted by atomic mass is 16.5. The van der Waals surface area contributed by atoms with Crippen molar-refractivity contribution in [2.75, 3.05) is 19.7 Å². The fraction of sp³-hybridized carbons (Fsp3) is 0.474. The van der Waals surface area contributed by atoms with Gasteiger partial charge in [0.1, 0.15) is 12.9 Å². The quantitative estimate of drug-likeness (QED) is 0.643. The summed E-state index contributed by atoms with van der Waals surface area (Å²) < 4.78 is 9.18. The van der Waals surface area contributed by atoms with Crippen molar-refractivity contribution >= 4 is 5.91 Å². The molecule has 0 radical (unpaired) electrons. The summed E-state index contributed by atoms with van der Waals surface area (Å²) in [5.41, 5.74) is 3.49. The number of pyridine rings is 1. The summed E-state index contributed by atoms with van der Waals surface area (Å²) in [7, 11) is 0. The highest BCUT2D eigenvalue weighted by Gasteiger charge is 2.31. The number of rotatable bonds is 4. The number of amides is 1. The van der Waals surface area contributed by atoms with Crippen LogP contribution >= 0.6 is 0 Å². The van der Waals surface area contributed by atoms with Gasteiger partial charge in [-0.2, -0.15) is 5.10 Å². The molecular formula is C19H22N8O2. The van der Waals surface area contributed by atoms with Crippen LogP contribution in [0.25, 0.3) is 5.82 Å². The molecule has 0 bridgehead atoms. The normalized spacial score (nSPS) is 17.3. The van der Waals surface area contributed by atoms with E-state index in [2.05, 4.69) is 20.5 Å². The van der Waals surface area contributed by atoms with Crippen LogP contribution in [0.15, 0.2) is 30.7 Å². The summed E-state index contributed by atoms with van der Waals surface area (Å²) >= 11 is 0. The predicted octanol–water partition coefficient (Wildman–Crippen LogP) is 0.733. The predicted molar refractivity (Wildman–Crippen MR) is 101 cm³/mol. The molecule has 0 N–H and O–H groups in total. The summed E-state index contributed by atoms with van der Waals surface area (Å²) in [5, 5.41) is 15.8. The first-order chi connectivity index (χ1) is 14.3. The van der Waals surface area contributed by atoms with Crippen molar-refractivity contribution in [1.82, 2.24) is 39.9 Å². The first kappa shape index (κ1) is 17.9. The molecule has 0 saturated carbocycles. The molecule has 1 amide bonds. The maximum Gasteiger partial charge on any atom is 0.244 e. The van der Waals surface area contributed by atoms with E-state index in [-0.39, 0.29) is 12.5 Å². The molecule has 10 heteroatoms. The maximum absolute atomic E-state index is 12.5. The van der Waals surface area contributed by atoms with E-state index in [0.717, 1.165) is 30.8 Å². The summed E-state index contributed by atoms with van der Waals surface area (Å²) in [6.45, 7) is 2.88. The Bertz CT molecular complexity index is 977. The molecule has 3 aromatic heterocycles. The van der Waals surface area contributed by atoms with E-state index in [0.29, 0.717) is 32.2 Å². The Morgan fingerprint density at radius 2 is 2.14 bits per heavy atom. The van der Waals surface area contributed by atoms with Crippen molar-refractivity contribution in [2.45, 2.75) is 38.3 Å². The average molecular weight is 394 g/mol. The highest BCUT2D eigenvalue weighted by Crippen LogP contribution is 2.35. The monoisotopic (exact) mass is 394 g/mol. The second-order valence-corrected chi connectivity index (χ2v) is 7.38. The Hall–Kier alpha value is -3.14. The second-order valence-electron chi connectivity index (χ2n) is 7.38. The van der Waals surface area contributed by atoms with Crippen molar-refractivity contribution in [2.24, 2.45) is 0 Å². The van der Waals surface area contributed by atoms with Crippen LogP contribution in [-0.4, -0.2) is 65.5 Å². The molecular weight excluding hydrogens is 372 g/mol. The lowest BCUT2D eigenvalue weighted by molar-refractivity contribution is -0.133. The van der Waals surface area contributed by atoms with Crippen molar-refractivity contribution < 1.29 is 9.53 Å². The molecule has 3 aromatic rings. The van der Waals surface area contributed by atoms with E-state index in [1.807, 2.05) is 27.8 Å². The fourth-order valence-electron chi connectivity index (χ4n) is 4.18. The molecule has 29 heavy (non-hydrogen) atoms. The van der Waals surface area contributed by atoms with Crippen LogP contribution in [0, 0.1) is 0 Å². The lowest BCUT2D eigenvalue weighted by Gasteiger charge is -2.32.